The Bertz CT molecular complexity index is 368. The van der Waals surface area contributed by atoms with E-state index in [0.29, 0.717) is 0 Å². The summed E-state index contributed by atoms with van der Waals surface area (Å²) >= 11 is 0. The first-order valence-electron chi connectivity index (χ1n) is 7.38. The van der Waals surface area contributed by atoms with Crippen LogP contribution in [0.2, 0.25) is 0 Å². The minimum Gasteiger partial charge on any atom is -0.355 e. The lowest BCUT2D eigenvalue weighted by molar-refractivity contribution is 0.601. The molecular weight excluding hydrogens is 300 g/mol. The summed E-state index contributed by atoms with van der Waals surface area (Å²) in [6.45, 7) is 4.53. The number of nitrogens with zero attached hydrogens (tertiary/aromatic N) is 2. The quantitative estimate of drug-likeness (QED) is 0.661. The van der Waals surface area contributed by atoms with Crippen molar-refractivity contribution in [2.45, 2.75) is 45.4 Å². The number of hydrogen-bond acceptors (Lipinski definition) is 2. The van der Waals surface area contributed by atoms with Gasteiger partial charge in [-0.25, -0.2) is 0 Å². The molecule has 0 saturated carbocycles. The van der Waals surface area contributed by atoms with E-state index in [4.69, 9.17) is 0 Å². The number of hydrogen-bond donors (Lipinski definition) is 0. The largest absolute Gasteiger partial charge is 0.355 e. The molecule has 0 atom stereocenters. The van der Waals surface area contributed by atoms with E-state index in [0.717, 1.165) is 6.67 Å². The van der Waals surface area contributed by atoms with E-state index in [1.807, 2.05) is 0 Å². The highest BCUT2D eigenvalue weighted by Gasteiger charge is 2.21. The molecule has 0 bridgehead atoms. The summed E-state index contributed by atoms with van der Waals surface area (Å²) in [6, 6.07) is 8.74. The molecule has 0 aromatic heterocycles. The van der Waals surface area contributed by atoms with E-state index in [-0.39, 0.29) is 17.0 Å². The minimum atomic E-state index is 0. The van der Waals surface area contributed by atoms with Crippen molar-refractivity contribution >= 4 is 28.4 Å². The van der Waals surface area contributed by atoms with Crippen LogP contribution in [-0.2, 0) is 0 Å². The van der Waals surface area contributed by atoms with E-state index in [9.17, 15) is 0 Å². The zero-order chi connectivity index (χ0) is 12.8. The molecule has 1 heterocycles. The Balaban J connectivity index is 0.00000180. The summed E-state index contributed by atoms with van der Waals surface area (Å²) in [7, 11) is 2.18. The summed E-state index contributed by atoms with van der Waals surface area (Å²) in [4.78, 5) is 4.85. The maximum atomic E-state index is 2.51. The monoisotopic (exact) mass is 326 g/mol. The predicted molar refractivity (Wildman–Crippen MR) is 90.8 cm³/mol. The fourth-order valence-electron chi connectivity index (χ4n) is 2.74. The fraction of sp³-hybridized carbons (Fsp3) is 0.625. The summed E-state index contributed by atoms with van der Waals surface area (Å²) in [5.74, 6) is 0. The number of benzene rings is 1. The Morgan fingerprint density at radius 1 is 0.947 bits per heavy atom. The van der Waals surface area contributed by atoms with Crippen molar-refractivity contribution in [3.63, 3.8) is 0 Å². The van der Waals surface area contributed by atoms with Gasteiger partial charge in [-0.05, 0) is 18.6 Å². The van der Waals surface area contributed by atoms with Crippen molar-refractivity contribution in [2.75, 3.05) is 30.1 Å². The van der Waals surface area contributed by atoms with Gasteiger partial charge < -0.3 is 9.80 Å². The lowest BCUT2D eigenvalue weighted by Crippen LogP contribution is -2.28. The van der Waals surface area contributed by atoms with Gasteiger partial charge in [0.15, 0.2) is 0 Å². The van der Waals surface area contributed by atoms with Gasteiger partial charge in [0.05, 0.1) is 18.0 Å². The molecule has 0 aliphatic carbocycles. The highest BCUT2D eigenvalue weighted by atomic mass is 79.9. The second kappa shape index (κ2) is 8.47. The third kappa shape index (κ3) is 4.41. The molecule has 0 radical (unpaired) electrons. The van der Waals surface area contributed by atoms with Crippen molar-refractivity contribution in [1.82, 2.24) is 0 Å². The van der Waals surface area contributed by atoms with Gasteiger partial charge in [-0.15, -0.1) is 17.0 Å². The van der Waals surface area contributed by atoms with Crippen LogP contribution in [0.4, 0.5) is 11.4 Å². The number of rotatable bonds is 7. The van der Waals surface area contributed by atoms with E-state index >= 15 is 0 Å². The highest BCUT2D eigenvalue weighted by Crippen LogP contribution is 2.34. The first-order chi connectivity index (χ1) is 8.83. The van der Waals surface area contributed by atoms with Gasteiger partial charge in [0.1, 0.15) is 0 Å². The van der Waals surface area contributed by atoms with Crippen LogP contribution in [0.15, 0.2) is 24.3 Å². The van der Waals surface area contributed by atoms with Crippen LogP contribution in [0.5, 0.6) is 0 Å². The Morgan fingerprint density at radius 3 is 2.32 bits per heavy atom. The second-order valence-electron chi connectivity index (χ2n) is 5.36. The first-order valence-corrected chi connectivity index (χ1v) is 7.38. The smallest absolute Gasteiger partial charge is 0.0901 e. The topological polar surface area (TPSA) is 6.48 Å². The zero-order valence-corrected chi connectivity index (χ0v) is 14.0. The zero-order valence-electron chi connectivity index (χ0n) is 12.3. The fourth-order valence-corrected chi connectivity index (χ4v) is 2.74. The average Bonchev–Trinajstić information content (AvgIpc) is 2.71. The van der Waals surface area contributed by atoms with Crippen molar-refractivity contribution < 1.29 is 0 Å². The van der Waals surface area contributed by atoms with Gasteiger partial charge >= 0.3 is 0 Å². The lowest BCUT2D eigenvalue weighted by Gasteiger charge is -2.19. The molecule has 0 saturated heterocycles. The van der Waals surface area contributed by atoms with Crippen molar-refractivity contribution in [2.24, 2.45) is 0 Å². The third-order valence-electron chi connectivity index (χ3n) is 3.80. The lowest BCUT2D eigenvalue weighted by atomic mass is 10.1. The average molecular weight is 327 g/mol. The Hall–Kier alpha value is -0.700. The predicted octanol–water partition coefficient (Wildman–Crippen LogP) is 4.84. The standard InChI is InChI=1S/C16H26N2.BrH/c1-3-4-5-6-7-10-13-18-14-17(2)15-11-8-9-12-16(15)18;/h8-9,11-12H,3-7,10,13-14H2,1-2H3;1H. The van der Waals surface area contributed by atoms with E-state index in [1.54, 1.807) is 0 Å². The van der Waals surface area contributed by atoms with E-state index in [1.165, 1.54) is 56.4 Å². The van der Waals surface area contributed by atoms with Crippen LogP contribution >= 0.6 is 17.0 Å². The molecule has 0 spiro atoms. The van der Waals surface area contributed by atoms with Crippen LogP contribution < -0.4 is 9.80 Å². The maximum absolute atomic E-state index is 2.51. The number of fused-ring (bicyclic) bond motifs is 1. The van der Waals surface area contributed by atoms with Crippen LogP contribution in [0.3, 0.4) is 0 Å². The van der Waals surface area contributed by atoms with Crippen LogP contribution in [0.1, 0.15) is 45.4 Å². The summed E-state index contributed by atoms with van der Waals surface area (Å²) in [5.41, 5.74) is 2.79. The Labute approximate surface area is 128 Å². The second-order valence-corrected chi connectivity index (χ2v) is 5.36. The molecule has 2 rings (SSSR count). The third-order valence-corrected chi connectivity index (χ3v) is 3.80. The van der Waals surface area contributed by atoms with Gasteiger partial charge in [0.25, 0.3) is 0 Å². The molecule has 1 aromatic carbocycles. The molecular formula is C16H27BrN2. The molecule has 1 aliphatic rings. The minimum absolute atomic E-state index is 0. The molecule has 0 unspecified atom stereocenters. The van der Waals surface area contributed by atoms with Crippen molar-refractivity contribution in [1.29, 1.82) is 0 Å². The van der Waals surface area contributed by atoms with E-state index < -0.39 is 0 Å². The maximum Gasteiger partial charge on any atom is 0.0901 e. The van der Waals surface area contributed by atoms with Gasteiger partial charge in [0, 0.05) is 13.6 Å². The summed E-state index contributed by atoms with van der Waals surface area (Å²) in [5, 5.41) is 0. The number of anilines is 2. The molecule has 19 heavy (non-hydrogen) atoms. The van der Waals surface area contributed by atoms with E-state index in [2.05, 4.69) is 48.0 Å². The molecule has 1 aliphatic heterocycles. The molecule has 0 amide bonds. The van der Waals surface area contributed by atoms with Crippen molar-refractivity contribution in [3.8, 4) is 0 Å². The van der Waals surface area contributed by atoms with Gasteiger partial charge in [-0.1, -0.05) is 51.2 Å². The highest BCUT2D eigenvalue weighted by molar-refractivity contribution is 8.93. The molecule has 0 N–H and O–H groups in total. The SMILES string of the molecule is Br.CCCCCCCCN1CN(C)c2ccccc21. The molecule has 1 aromatic rings. The van der Waals surface area contributed by atoms with Crippen LogP contribution in [-0.4, -0.2) is 20.3 Å². The molecule has 108 valence electrons. The van der Waals surface area contributed by atoms with Crippen LogP contribution in [0.25, 0.3) is 0 Å². The number of halogens is 1. The summed E-state index contributed by atoms with van der Waals surface area (Å²) < 4.78 is 0. The van der Waals surface area contributed by atoms with Crippen molar-refractivity contribution in [3.05, 3.63) is 24.3 Å². The molecule has 0 fully saturated rings. The summed E-state index contributed by atoms with van der Waals surface area (Å²) in [6.07, 6.45) is 8.25. The molecule has 2 nitrogen and oxygen atoms in total. The number of unbranched alkanes of at least 4 members (excludes halogenated alkanes) is 5. The number of para-hydroxylation sites is 2. The van der Waals surface area contributed by atoms with Gasteiger partial charge in [0.2, 0.25) is 0 Å². The molecule has 3 heteroatoms. The van der Waals surface area contributed by atoms with Gasteiger partial charge in [-0.2, -0.15) is 0 Å². The Kier molecular flexibility index (Phi) is 7.29. The van der Waals surface area contributed by atoms with Crippen LogP contribution in [0, 0.1) is 0 Å². The Morgan fingerprint density at radius 2 is 1.58 bits per heavy atom. The van der Waals surface area contributed by atoms with Gasteiger partial charge in [-0.3, -0.25) is 0 Å². The first kappa shape index (κ1) is 16.4. The normalized spacial score (nSPS) is 13.4.